The Balaban J connectivity index is 1.80. The van der Waals surface area contributed by atoms with Crippen LogP contribution in [0.2, 0.25) is 0 Å². The number of carboxylic acids is 1. The van der Waals surface area contributed by atoms with Crippen molar-refractivity contribution in [2.45, 2.75) is 31.9 Å². The van der Waals surface area contributed by atoms with Crippen LogP contribution in [0.4, 0.5) is 19.0 Å². The van der Waals surface area contributed by atoms with Gasteiger partial charge in [0, 0.05) is 6.54 Å². The van der Waals surface area contributed by atoms with E-state index in [2.05, 4.69) is 15.5 Å². The van der Waals surface area contributed by atoms with Crippen molar-refractivity contribution in [2.75, 3.05) is 11.9 Å². The fourth-order valence-corrected chi connectivity index (χ4v) is 2.44. The Morgan fingerprint density at radius 3 is 2.38 bits per heavy atom. The summed E-state index contributed by atoms with van der Waals surface area (Å²) in [4.78, 5) is 10.8. The summed E-state index contributed by atoms with van der Waals surface area (Å²) >= 11 is 0. The van der Waals surface area contributed by atoms with E-state index in [1.54, 1.807) is 0 Å². The Labute approximate surface area is 119 Å². The number of carbonyl (C=O) groups is 1. The molecule has 2 N–H and O–H groups in total. The van der Waals surface area contributed by atoms with Gasteiger partial charge in [-0.25, -0.2) is 0 Å². The van der Waals surface area contributed by atoms with Gasteiger partial charge in [-0.05, 0) is 43.7 Å². The van der Waals surface area contributed by atoms with Gasteiger partial charge in [0.1, 0.15) is 5.82 Å². The molecule has 0 radical (unpaired) electrons. The highest BCUT2D eigenvalue weighted by Crippen LogP contribution is 2.29. The van der Waals surface area contributed by atoms with Crippen LogP contribution in [0.15, 0.2) is 12.1 Å². The molecule has 1 saturated carbocycles. The standard InChI is InChI=1S/C13H16F3N3O2/c14-13(15,16)10-5-6-11(19-18-10)17-7-8-1-3-9(4-2-8)12(20)21/h5-6,8-9H,1-4,7H2,(H,17,19)(H,20,21). The predicted molar refractivity (Wildman–Crippen MR) is 68.6 cm³/mol. The minimum absolute atomic E-state index is 0.271. The molecule has 1 aliphatic rings. The van der Waals surface area contributed by atoms with Crippen molar-refractivity contribution in [3.8, 4) is 0 Å². The topological polar surface area (TPSA) is 75.1 Å². The molecule has 1 aromatic heterocycles. The Kier molecular flexibility index (Phi) is 4.64. The number of nitrogens with one attached hydrogen (secondary N) is 1. The summed E-state index contributed by atoms with van der Waals surface area (Å²) in [5.74, 6) is -0.421. The number of nitrogens with zero attached hydrogens (tertiary/aromatic N) is 2. The average Bonchev–Trinajstić information content (AvgIpc) is 2.45. The van der Waals surface area contributed by atoms with Crippen molar-refractivity contribution >= 4 is 11.8 Å². The third-order valence-electron chi connectivity index (χ3n) is 3.72. The summed E-state index contributed by atoms with van der Waals surface area (Å²) in [7, 11) is 0. The zero-order valence-electron chi connectivity index (χ0n) is 11.2. The molecule has 0 saturated heterocycles. The maximum atomic E-state index is 12.3. The summed E-state index contributed by atoms with van der Waals surface area (Å²) in [5, 5.41) is 18.5. The van der Waals surface area contributed by atoms with Crippen LogP contribution in [0.25, 0.3) is 0 Å². The molecule has 0 aromatic carbocycles. The smallest absolute Gasteiger partial charge is 0.435 e. The molecular weight excluding hydrogens is 287 g/mol. The number of alkyl halides is 3. The van der Waals surface area contributed by atoms with Crippen molar-refractivity contribution in [1.82, 2.24) is 10.2 Å². The van der Waals surface area contributed by atoms with E-state index in [1.807, 2.05) is 0 Å². The lowest BCUT2D eigenvalue weighted by atomic mass is 9.82. The van der Waals surface area contributed by atoms with Gasteiger partial charge in [0.05, 0.1) is 5.92 Å². The molecular formula is C13H16F3N3O2. The first-order valence-corrected chi connectivity index (χ1v) is 6.74. The molecule has 0 aliphatic heterocycles. The van der Waals surface area contributed by atoms with Crippen molar-refractivity contribution < 1.29 is 23.1 Å². The van der Waals surface area contributed by atoms with Crippen LogP contribution in [-0.4, -0.2) is 27.8 Å². The zero-order valence-corrected chi connectivity index (χ0v) is 11.2. The van der Waals surface area contributed by atoms with Crippen LogP contribution in [0.1, 0.15) is 31.4 Å². The van der Waals surface area contributed by atoms with Gasteiger partial charge in [0.2, 0.25) is 0 Å². The average molecular weight is 303 g/mol. The van der Waals surface area contributed by atoms with Gasteiger partial charge in [-0.15, -0.1) is 10.2 Å². The van der Waals surface area contributed by atoms with Gasteiger partial charge >= 0.3 is 12.1 Å². The first-order valence-electron chi connectivity index (χ1n) is 6.74. The van der Waals surface area contributed by atoms with E-state index < -0.39 is 17.8 Å². The number of aromatic nitrogens is 2. The molecule has 0 atom stereocenters. The SMILES string of the molecule is O=C(O)C1CCC(CNc2ccc(C(F)(F)F)nn2)CC1. The minimum Gasteiger partial charge on any atom is -0.481 e. The normalized spacial score (nSPS) is 22.8. The Morgan fingerprint density at radius 2 is 1.90 bits per heavy atom. The van der Waals surface area contributed by atoms with Gasteiger partial charge in [-0.2, -0.15) is 13.2 Å². The molecule has 5 nitrogen and oxygen atoms in total. The van der Waals surface area contributed by atoms with E-state index in [4.69, 9.17) is 5.11 Å². The monoisotopic (exact) mass is 303 g/mol. The van der Waals surface area contributed by atoms with Gasteiger partial charge in [0.25, 0.3) is 0 Å². The lowest BCUT2D eigenvalue weighted by molar-refractivity contribution is -0.143. The highest BCUT2D eigenvalue weighted by Gasteiger charge is 2.33. The number of halogens is 3. The van der Waals surface area contributed by atoms with Crippen molar-refractivity contribution in [1.29, 1.82) is 0 Å². The van der Waals surface area contributed by atoms with Gasteiger partial charge < -0.3 is 10.4 Å². The predicted octanol–water partition coefficient (Wildman–Crippen LogP) is 2.80. The van der Waals surface area contributed by atoms with Crippen LogP contribution >= 0.6 is 0 Å². The number of hydrogen-bond donors (Lipinski definition) is 2. The zero-order chi connectivity index (χ0) is 15.5. The molecule has 0 spiro atoms. The second-order valence-electron chi connectivity index (χ2n) is 5.24. The highest BCUT2D eigenvalue weighted by molar-refractivity contribution is 5.69. The molecule has 116 valence electrons. The fraction of sp³-hybridized carbons (Fsp3) is 0.615. The number of rotatable bonds is 4. The van der Waals surface area contributed by atoms with E-state index in [9.17, 15) is 18.0 Å². The molecule has 1 heterocycles. The third kappa shape index (κ3) is 4.30. The van der Waals surface area contributed by atoms with Crippen molar-refractivity contribution in [3.05, 3.63) is 17.8 Å². The maximum absolute atomic E-state index is 12.3. The maximum Gasteiger partial charge on any atom is 0.435 e. The van der Waals surface area contributed by atoms with Crippen LogP contribution in [-0.2, 0) is 11.0 Å². The molecule has 21 heavy (non-hydrogen) atoms. The quantitative estimate of drug-likeness (QED) is 0.894. The van der Waals surface area contributed by atoms with E-state index in [-0.39, 0.29) is 5.92 Å². The van der Waals surface area contributed by atoms with E-state index in [1.165, 1.54) is 6.07 Å². The van der Waals surface area contributed by atoms with Gasteiger partial charge in [-0.3, -0.25) is 4.79 Å². The first kappa shape index (κ1) is 15.5. The van der Waals surface area contributed by atoms with E-state index in [0.717, 1.165) is 18.9 Å². The van der Waals surface area contributed by atoms with Gasteiger partial charge in [-0.1, -0.05) is 0 Å². The molecule has 1 aromatic rings. The Bertz CT molecular complexity index is 482. The second kappa shape index (κ2) is 6.28. The number of carboxylic acid groups (broad SMARTS) is 1. The molecule has 0 unspecified atom stereocenters. The van der Waals surface area contributed by atoms with E-state index >= 15 is 0 Å². The third-order valence-corrected chi connectivity index (χ3v) is 3.72. The van der Waals surface area contributed by atoms with Crippen LogP contribution < -0.4 is 5.32 Å². The molecule has 0 amide bonds. The van der Waals surface area contributed by atoms with Gasteiger partial charge in [0.15, 0.2) is 5.69 Å². The Morgan fingerprint density at radius 1 is 1.24 bits per heavy atom. The number of hydrogen-bond acceptors (Lipinski definition) is 4. The lowest BCUT2D eigenvalue weighted by Gasteiger charge is -2.26. The van der Waals surface area contributed by atoms with Crippen LogP contribution in [0.5, 0.6) is 0 Å². The largest absolute Gasteiger partial charge is 0.481 e. The first-order chi connectivity index (χ1) is 9.86. The molecule has 0 bridgehead atoms. The summed E-state index contributed by atoms with van der Waals surface area (Å²) in [6.07, 6.45) is -1.63. The minimum atomic E-state index is -4.49. The second-order valence-corrected chi connectivity index (χ2v) is 5.24. The number of aliphatic carboxylic acids is 1. The molecule has 8 heteroatoms. The summed E-state index contributed by atoms with van der Waals surface area (Å²) in [5.41, 5.74) is -1.02. The van der Waals surface area contributed by atoms with Crippen molar-refractivity contribution in [2.24, 2.45) is 11.8 Å². The van der Waals surface area contributed by atoms with Crippen molar-refractivity contribution in [3.63, 3.8) is 0 Å². The van der Waals surface area contributed by atoms with Crippen LogP contribution in [0.3, 0.4) is 0 Å². The fourth-order valence-electron chi connectivity index (χ4n) is 2.44. The van der Waals surface area contributed by atoms with E-state index in [0.29, 0.717) is 31.1 Å². The molecule has 2 rings (SSSR count). The number of anilines is 1. The highest BCUT2D eigenvalue weighted by atomic mass is 19.4. The summed E-state index contributed by atoms with van der Waals surface area (Å²) < 4.78 is 37.0. The van der Waals surface area contributed by atoms with Crippen LogP contribution in [0, 0.1) is 11.8 Å². The summed E-state index contributed by atoms with van der Waals surface area (Å²) in [6.45, 7) is 0.562. The molecule has 1 fully saturated rings. The molecule has 1 aliphatic carbocycles. The Hall–Kier alpha value is -1.86. The lowest BCUT2D eigenvalue weighted by Crippen LogP contribution is -2.25. The summed E-state index contributed by atoms with van der Waals surface area (Å²) in [6, 6.07) is 2.13.